The molecule has 0 aromatic rings. The van der Waals surface area contributed by atoms with Gasteiger partial charge in [0.25, 0.3) is 0 Å². The van der Waals surface area contributed by atoms with Crippen LogP contribution < -0.4 is 27.4 Å². The number of aliphatic hydroxyl groups is 1. The fourth-order valence-electron chi connectivity index (χ4n) is 2.52. The molecule has 0 rings (SSSR count). The number of amides is 4. The van der Waals surface area contributed by atoms with Gasteiger partial charge in [0.1, 0.15) is 18.1 Å². The maximum absolute atomic E-state index is 12.8. The molecule has 0 aliphatic carbocycles. The van der Waals surface area contributed by atoms with Crippen LogP contribution >= 0.6 is 0 Å². The molecular formula is C18H31N5O9. The monoisotopic (exact) mass is 461 g/mol. The predicted molar refractivity (Wildman–Crippen MR) is 109 cm³/mol. The Morgan fingerprint density at radius 1 is 0.906 bits per heavy atom. The third-order valence-electron chi connectivity index (χ3n) is 4.63. The number of nitrogens with one attached hydrogen (secondary N) is 3. The van der Waals surface area contributed by atoms with Crippen LogP contribution in [0.5, 0.6) is 0 Å². The van der Waals surface area contributed by atoms with Crippen molar-refractivity contribution in [2.45, 2.75) is 63.7 Å². The molecule has 0 heterocycles. The van der Waals surface area contributed by atoms with Gasteiger partial charge < -0.3 is 42.7 Å². The fourth-order valence-corrected chi connectivity index (χ4v) is 2.52. The average Bonchev–Trinajstić information content (AvgIpc) is 2.70. The van der Waals surface area contributed by atoms with Gasteiger partial charge in [-0.05, 0) is 12.3 Å². The molecule has 0 aliphatic heterocycles. The quantitative estimate of drug-likeness (QED) is 0.120. The Balaban J connectivity index is 5.55. The highest BCUT2D eigenvalue weighted by atomic mass is 16.4. The second-order valence-corrected chi connectivity index (χ2v) is 7.22. The zero-order valence-electron chi connectivity index (χ0n) is 17.9. The number of aliphatic hydroxyl groups excluding tert-OH is 1. The van der Waals surface area contributed by atoms with Crippen LogP contribution in [0.15, 0.2) is 0 Å². The number of nitrogens with two attached hydrogens (primary N) is 2. The summed E-state index contributed by atoms with van der Waals surface area (Å²) in [6.45, 7) is 2.45. The first kappa shape index (κ1) is 28.7. The maximum atomic E-state index is 12.8. The molecule has 0 bridgehead atoms. The van der Waals surface area contributed by atoms with E-state index >= 15 is 0 Å². The first-order valence-electron chi connectivity index (χ1n) is 9.84. The van der Waals surface area contributed by atoms with Crippen molar-refractivity contribution in [1.29, 1.82) is 0 Å². The Morgan fingerprint density at radius 3 is 1.91 bits per heavy atom. The molecule has 0 fully saturated rings. The van der Waals surface area contributed by atoms with Gasteiger partial charge in [0.15, 0.2) is 0 Å². The first-order valence-corrected chi connectivity index (χ1v) is 9.84. The minimum atomic E-state index is -1.59. The molecule has 0 spiro atoms. The normalized spacial score (nSPS) is 15.4. The molecule has 5 unspecified atom stereocenters. The Morgan fingerprint density at radius 2 is 1.47 bits per heavy atom. The zero-order valence-corrected chi connectivity index (χ0v) is 17.9. The van der Waals surface area contributed by atoms with E-state index in [-0.39, 0.29) is 12.8 Å². The van der Waals surface area contributed by atoms with E-state index in [1.54, 1.807) is 13.8 Å². The molecule has 4 amide bonds. The lowest BCUT2D eigenvalue weighted by atomic mass is 9.97. The number of carboxylic acid groups (broad SMARTS) is 2. The number of rotatable bonds is 15. The molecule has 0 aromatic carbocycles. The number of carbonyl (C=O) groups excluding carboxylic acids is 4. The highest BCUT2D eigenvalue weighted by Gasteiger charge is 2.32. The van der Waals surface area contributed by atoms with Crippen LogP contribution in [0.25, 0.3) is 0 Å². The molecule has 0 aliphatic rings. The van der Waals surface area contributed by atoms with E-state index in [9.17, 15) is 28.8 Å². The van der Waals surface area contributed by atoms with Crippen LogP contribution in [0.2, 0.25) is 0 Å². The second-order valence-electron chi connectivity index (χ2n) is 7.22. The molecule has 5 atom stereocenters. The molecular weight excluding hydrogens is 430 g/mol. The summed E-state index contributed by atoms with van der Waals surface area (Å²) >= 11 is 0. The molecule has 14 nitrogen and oxygen atoms in total. The molecule has 0 aromatic heterocycles. The van der Waals surface area contributed by atoms with Gasteiger partial charge in [-0.3, -0.25) is 24.0 Å². The van der Waals surface area contributed by atoms with E-state index in [0.717, 1.165) is 0 Å². The van der Waals surface area contributed by atoms with Gasteiger partial charge in [0, 0.05) is 6.42 Å². The number of hydrogen-bond acceptors (Lipinski definition) is 8. The number of carboxylic acids is 2. The van der Waals surface area contributed by atoms with Crippen LogP contribution in [0.3, 0.4) is 0 Å². The predicted octanol–water partition coefficient (Wildman–Crippen LogP) is -3.37. The standard InChI is InChI=1S/C18H31N5O9/c1-3-8(2)14(17(30)22-11(7-24)18(31)32)23-16(29)10(4-5-12(20)25)21-15(28)9(19)6-13(26)27/h8-11,14,24H,3-7,19H2,1-2H3,(H2,20,25)(H,21,28)(H,22,30)(H,23,29)(H,26,27)(H,31,32). The summed E-state index contributed by atoms with van der Waals surface area (Å²) in [6, 6.07) is -5.67. The number of aliphatic carboxylic acids is 2. The van der Waals surface area contributed by atoms with Gasteiger partial charge in [-0.25, -0.2) is 4.79 Å². The van der Waals surface area contributed by atoms with Gasteiger partial charge in [0.05, 0.1) is 19.1 Å². The lowest BCUT2D eigenvalue weighted by Crippen LogP contribution is -2.59. The number of hydrogen-bond donors (Lipinski definition) is 8. The SMILES string of the molecule is CCC(C)C(NC(=O)C(CCC(N)=O)NC(=O)C(N)CC(=O)O)C(=O)NC(CO)C(=O)O. The van der Waals surface area contributed by atoms with Crippen LogP contribution in [-0.2, 0) is 28.8 Å². The van der Waals surface area contributed by atoms with Gasteiger partial charge in [-0.15, -0.1) is 0 Å². The Labute approximate surface area is 184 Å². The zero-order chi connectivity index (χ0) is 25.0. The van der Waals surface area contributed by atoms with Crippen molar-refractivity contribution < 1.29 is 44.1 Å². The Hall–Kier alpha value is -3.26. The molecule has 32 heavy (non-hydrogen) atoms. The van der Waals surface area contributed by atoms with E-state index in [4.69, 9.17) is 26.8 Å². The van der Waals surface area contributed by atoms with Crippen molar-refractivity contribution in [2.24, 2.45) is 17.4 Å². The summed E-state index contributed by atoms with van der Waals surface area (Å²) in [5, 5.41) is 33.6. The second kappa shape index (κ2) is 13.9. The fraction of sp³-hybridized carbons (Fsp3) is 0.667. The maximum Gasteiger partial charge on any atom is 0.328 e. The molecule has 14 heteroatoms. The van der Waals surface area contributed by atoms with E-state index in [2.05, 4.69) is 16.0 Å². The highest BCUT2D eigenvalue weighted by Crippen LogP contribution is 2.10. The van der Waals surface area contributed by atoms with Crippen LogP contribution in [0.4, 0.5) is 0 Å². The number of carbonyl (C=O) groups is 6. The van der Waals surface area contributed by atoms with Gasteiger partial charge in [-0.1, -0.05) is 20.3 Å². The van der Waals surface area contributed by atoms with Gasteiger partial charge in [0.2, 0.25) is 23.6 Å². The highest BCUT2D eigenvalue weighted by molar-refractivity contribution is 5.95. The third kappa shape index (κ3) is 10.2. The van der Waals surface area contributed by atoms with Crippen molar-refractivity contribution in [3.63, 3.8) is 0 Å². The van der Waals surface area contributed by atoms with Crippen molar-refractivity contribution in [3.8, 4) is 0 Å². The van der Waals surface area contributed by atoms with E-state index < -0.39 is 78.7 Å². The number of primary amides is 1. The molecule has 182 valence electrons. The Bertz CT molecular complexity index is 715. The topological polar surface area (TPSA) is 251 Å². The van der Waals surface area contributed by atoms with Crippen molar-refractivity contribution >= 4 is 35.6 Å². The van der Waals surface area contributed by atoms with Crippen LogP contribution in [0, 0.1) is 5.92 Å². The smallest absolute Gasteiger partial charge is 0.328 e. The summed E-state index contributed by atoms with van der Waals surface area (Å²) in [7, 11) is 0. The van der Waals surface area contributed by atoms with Crippen molar-refractivity contribution in [3.05, 3.63) is 0 Å². The summed E-state index contributed by atoms with van der Waals surface area (Å²) in [4.78, 5) is 70.4. The Kier molecular flexibility index (Phi) is 12.5. The van der Waals surface area contributed by atoms with Gasteiger partial charge in [-0.2, -0.15) is 0 Å². The lowest BCUT2D eigenvalue weighted by molar-refractivity contribution is -0.143. The lowest BCUT2D eigenvalue weighted by Gasteiger charge is -2.27. The van der Waals surface area contributed by atoms with Crippen molar-refractivity contribution in [2.75, 3.05) is 6.61 Å². The first-order chi connectivity index (χ1) is 14.8. The van der Waals surface area contributed by atoms with E-state index in [0.29, 0.717) is 6.42 Å². The van der Waals surface area contributed by atoms with Crippen LogP contribution in [0.1, 0.15) is 39.5 Å². The molecule has 0 radical (unpaired) electrons. The summed E-state index contributed by atoms with van der Waals surface area (Å²) in [5.41, 5.74) is 10.6. The minimum absolute atomic E-state index is 0.254. The van der Waals surface area contributed by atoms with E-state index in [1.165, 1.54) is 0 Å². The average molecular weight is 461 g/mol. The third-order valence-corrected chi connectivity index (χ3v) is 4.63. The molecule has 0 saturated heterocycles. The van der Waals surface area contributed by atoms with E-state index in [1.807, 2.05) is 0 Å². The largest absolute Gasteiger partial charge is 0.481 e. The van der Waals surface area contributed by atoms with Crippen molar-refractivity contribution in [1.82, 2.24) is 16.0 Å². The summed E-state index contributed by atoms with van der Waals surface area (Å²) in [6.07, 6.45) is -0.864. The summed E-state index contributed by atoms with van der Waals surface area (Å²) in [5.74, 6) is -6.79. The summed E-state index contributed by atoms with van der Waals surface area (Å²) < 4.78 is 0. The minimum Gasteiger partial charge on any atom is -0.481 e. The molecule has 0 saturated carbocycles. The van der Waals surface area contributed by atoms with Gasteiger partial charge >= 0.3 is 11.9 Å². The molecule has 10 N–H and O–H groups in total. The van der Waals surface area contributed by atoms with Crippen LogP contribution in [-0.4, -0.2) is 81.7 Å².